The van der Waals surface area contributed by atoms with Crippen molar-refractivity contribution in [3.63, 3.8) is 0 Å². The molecule has 12 heteroatoms. The Hall–Kier alpha value is -4.32. The van der Waals surface area contributed by atoms with E-state index in [9.17, 15) is 18.0 Å². The highest BCUT2D eigenvalue weighted by atomic mass is 32.2. The van der Waals surface area contributed by atoms with E-state index in [1.165, 1.54) is 46.4 Å². The number of carbonyl (C=O) groups is 1. The van der Waals surface area contributed by atoms with Gasteiger partial charge in [-0.3, -0.25) is 0 Å². The molecule has 4 aromatic rings. The Bertz CT molecular complexity index is 1690. The molecule has 3 aromatic carbocycles. The molecule has 5 rings (SSSR count). The van der Waals surface area contributed by atoms with Gasteiger partial charge in [-0.1, -0.05) is 68.4 Å². The number of rotatable bonds is 10. The molecule has 2 amide bonds. The zero-order valence-corrected chi connectivity index (χ0v) is 27.7. The number of carbonyl (C=O) groups excluding carboxylic acids is 1. The van der Waals surface area contributed by atoms with Crippen molar-refractivity contribution < 1.29 is 22.7 Å². The van der Waals surface area contributed by atoms with Crippen molar-refractivity contribution in [1.82, 2.24) is 20.1 Å². The maximum absolute atomic E-state index is 13.0. The topological polar surface area (TPSA) is 84.6 Å². The number of nitrogens with one attached hydrogen (secondary N) is 1. The summed E-state index contributed by atoms with van der Waals surface area (Å²) in [5.41, 5.74) is 6.08. The average Bonchev–Trinajstić information content (AvgIpc) is 3.52. The second-order valence-electron chi connectivity index (χ2n) is 11.7. The summed E-state index contributed by atoms with van der Waals surface area (Å²) >= 11 is 1.63. The molecule has 1 aromatic heterocycles. The van der Waals surface area contributed by atoms with E-state index in [1.54, 1.807) is 11.8 Å². The summed E-state index contributed by atoms with van der Waals surface area (Å²) in [5.74, 6) is 1.30. The molecule has 0 saturated carbocycles. The number of nitrogens with zero attached hydrogens (tertiary/aromatic N) is 5. The van der Waals surface area contributed by atoms with Crippen LogP contribution in [-0.2, 0) is 6.42 Å². The second-order valence-corrected chi connectivity index (χ2v) is 12.8. The van der Waals surface area contributed by atoms with Crippen LogP contribution in [0.2, 0.25) is 0 Å². The molecule has 1 aliphatic rings. The lowest BCUT2D eigenvalue weighted by atomic mass is 9.96. The van der Waals surface area contributed by atoms with Crippen LogP contribution in [-0.4, -0.2) is 50.7 Å². The number of thioether (sulfide) groups is 1. The van der Waals surface area contributed by atoms with E-state index in [0.717, 1.165) is 53.4 Å². The smallest absolute Gasteiger partial charge is 0.406 e. The molecule has 1 aliphatic heterocycles. The van der Waals surface area contributed by atoms with Crippen LogP contribution in [0, 0.1) is 6.92 Å². The van der Waals surface area contributed by atoms with Gasteiger partial charge in [-0.15, -0.1) is 18.3 Å². The number of aromatic nitrogens is 3. The summed E-state index contributed by atoms with van der Waals surface area (Å²) in [4.78, 5) is 24.1. The van der Waals surface area contributed by atoms with E-state index < -0.39 is 6.36 Å². The first kappa shape index (κ1) is 34.0. The number of hydrogen-bond donors (Lipinski definition) is 1. The third-order valence-corrected chi connectivity index (χ3v) is 9.03. The van der Waals surface area contributed by atoms with E-state index in [1.807, 2.05) is 24.3 Å². The van der Waals surface area contributed by atoms with Crippen molar-refractivity contribution in [2.75, 3.05) is 17.2 Å². The van der Waals surface area contributed by atoms with Gasteiger partial charge in [0.05, 0.1) is 5.69 Å². The van der Waals surface area contributed by atoms with Gasteiger partial charge in [-0.25, -0.2) is 14.5 Å². The van der Waals surface area contributed by atoms with Gasteiger partial charge in [0, 0.05) is 29.6 Å². The van der Waals surface area contributed by atoms with Crippen LogP contribution in [0.25, 0.3) is 17.1 Å². The third kappa shape index (κ3) is 8.94. The molecule has 2 unspecified atom stereocenters. The molecule has 0 aliphatic carbocycles. The summed E-state index contributed by atoms with van der Waals surface area (Å²) < 4.78 is 42.7. The number of halogens is 3. The highest BCUT2D eigenvalue weighted by molar-refractivity contribution is 8.14. The predicted molar refractivity (Wildman–Crippen MR) is 182 cm³/mol. The number of aryl methyl sites for hydroxylation is 2. The molecule has 1 saturated heterocycles. The second kappa shape index (κ2) is 15.1. The molecule has 0 spiro atoms. The molecule has 0 bridgehead atoms. The maximum atomic E-state index is 13.0. The Morgan fingerprint density at radius 2 is 1.87 bits per heavy atom. The van der Waals surface area contributed by atoms with Gasteiger partial charge >= 0.3 is 12.4 Å². The SMILES string of the molecule is CCCc1ccc(C)cc1N1/C(=N/C(=O)NCCC(C)c2ccc(-c3ncn(-c4ccc(OC(F)(F)F)cc4)n3)cc2)SCCC1C. The van der Waals surface area contributed by atoms with Gasteiger partial charge in [0.1, 0.15) is 12.1 Å². The van der Waals surface area contributed by atoms with Crippen LogP contribution in [0.15, 0.2) is 78.0 Å². The minimum absolute atomic E-state index is 0.185. The zero-order valence-electron chi connectivity index (χ0n) is 26.9. The summed E-state index contributed by atoms with van der Waals surface area (Å²) in [5, 5.41) is 8.20. The summed E-state index contributed by atoms with van der Waals surface area (Å²) in [6.07, 6.45) is 0.549. The lowest BCUT2D eigenvalue weighted by Gasteiger charge is -2.37. The Morgan fingerprint density at radius 3 is 2.57 bits per heavy atom. The van der Waals surface area contributed by atoms with Crippen LogP contribution in [0.3, 0.4) is 0 Å². The Kier molecular flexibility index (Phi) is 10.9. The van der Waals surface area contributed by atoms with Crippen molar-refractivity contribution >= 4 is 28.6 Å². The van der Waals surface area contributed by atoms with Gasteiger partial charge in [0.15, 0.2) is 11.0 Å². The number of amidine groups is 1. The highest BCUT2D eigenvalue weighted by Gasteiger charge is 2.31. The average molecular weight is 665 g/mol. The maximum Gasteiger partial charge on any atom is 0.573 e. The number of amides is 2. The normalized spacial score (nSPS) is 16.7. The zero-order chi connectivity index (χ0) is 33.6. The summed E-state index contributed by atoms with van der Waals surface area (Å²) in [6.45, 7) is 9.06. The highest BCUT2D eigenvalue weighted by Crippen LogP contribution is 2.33. The molecule has 8 nitrogen and oxygen atoms in total. The van der Waals surface area contributed by atoms with Crippen molar-refractivity contribution in [3.8, 4) is 22.8 Å². The van der Waals surface area contributed by atoms with Crippen LogP contribution in [0.4, 0.5) is 23.7 Å². The first-order chi connectivity index (χ1) is 22.5. The quantitative estimate of drug-likeness (QED) is 0.183. The number of benzene rings is 3. The summed E-state index contributed by atoms with van der Waals surface area (Å²) in [6, 6.07) is 19.8. The number of urea groups is 1. The fraction of sp³-hybridized carbons (Fsp3) is 0.371. The van der Waals surface area contributed by atoms with Crippen LogP contribution in [0.5, 0.6) is 5.75 Å². The molecular formula is C35H39F3N6O2S. The van der Waals surface area contributed by atoms with Crippen LogP contribution >= 0.6 is 11.8 Å². The van der Waals surface area contributed by atoms with Crippen LogP contribution in [0.1, 0.15) is 62.6 Å². The van der Waals surface area contributed by atoms with E-state index >= 15 is 0 Å². The Balaban J connectivity index is 1.17. The monoisotopic (exact) mass is 664 g/mol. The Morgan fingerprint density at radius 1 is 1.13 bits per heavy atom. The van der Waals surface area contributed by atoms with Crippen molar-refractivity contribution in [3.05, 3.63) is 89.7 Å². The fourth-order valence-electron chi connectivity index (χ4n) is 5.48. The molecule has 2 heterocycles. The molecule has 0 radical (unpaired) electrons. The summed E-state index contributed by atoms with van der Waals surface area (Å²) in [7, 11) is 0. The standard InChI is InChI=1S/C35H39F3N6O2S/c1-5-6-27-8-7-23(2)21-31(27)44-25(4)18-20-47-34(44)41-33(45)39-19-17-24(3)26-9-11-28(12-10-26)32-40-22-43(42-32)29-13-15-30(16-14-29)46-35(36,37)38/h7-16,21-22,24-25H,5-6,17-20H2,1-4H3,(H,39,45)/b41-34-. The third-order valence-electron chi connectivity index (χ3n) is 8.05. The largest absolute Gasteiger partial charge is 0.573 e. The minimum Gasteiger partial charge on any atom is -0.406 e. The minimum atomic E-state index is -4.75. The van der Waals surface area contributed by atoms with Gasteiger partial charge in [0.2, 0.25) is 0 Å². The molecule has 47 heavy (non-hydrogen) atoms. The van der Waals surface area contributed by atoms with Crippen LogP contribution < -0.4 is 15.0 Å². The van der Waals surface area contributed by atoms with E-state index in [2.05, 4.69) is 75.9 Å². The predicted octanol–water partition coefficient (Wildman–Crippen LogP) is 8.69. The number of hydrogen-bond acceptors (Lipinski definition) is 5. The number of anilines is 1. The lowest BCUT2D eigenvalue weighted by Crippen LogP contribution is -2.42. The molecule has 1 fully saturated rings. The molecule has 2 atom stereocenters. The number of ether oxygens (including phenoxy) is 1. The number of aliphatic imine (C=N–C) groups is 1. The van der Waals surface area contributed by atoms with Crippen molar-refractivity contribution in [2.24, 2.45) is 4.99 Å². The van der Waals surface area contributed by atoms with Gasteiger partial charge < -0.3 is 15.0 Å². The molecular weight excluding hydrogens is 625 g/mol. The van der Waals surface area contributed by atoms with E-state index in [0.29, 0.717) is 18.1 Å². The van der Waals surface area contributed by atoms with Gasteiger partial charge in [0.25, 0.3) is 0 Å². The van der Waals surface area contributed by atoms with Gasteiger partial charge in [-0.05, 0) is 86.1 Å². The number of alkyl halides is 3. The fourth-order valence-corrected chi connectivity index (χ4v) is 6.69. The first-order valence-electron chi connectivity index (χ1n) is 15.8. The Labute approximate surface area is 277 Å². The van der Waals surface area contributed by atoms with Gasteiger partial charge in [-0.2, -0.15) is 4.99 Å². The lowest BCUT2D eigenvalue weighted by molar-refractivity contribution is -0.274. The van der Waals surface area contributed by atoms with E-state index in [4.69, 9.17) is 0 Å². The first-order valence-corrected chi connectivity index (χ1v) is 16.8. The van der Waals surface area contributed by atoms with Crippen molar-refractivity contribution in [2.45, 2.75) is 71.7 Å². The molecule has 1 N–H and O–H groups in total. The van der Waals surface area contributed by atoms with Crippen molar-refractivity contribution in [1.29, 1.82) is 0 Å². The van der Waals surface area contributed by atoms with E-state index in [-0.39, 0.29) is 23.7 Å². The molecule has 248 valence electrons.